The van der Waals surface area contributed by atoms with Gasteiger partial charge in [0.1, 0.15) is 0 Å². The first kappa shape index (κ1) is 22.8. The van der Waals surface area contributed by atoms with Gasteiger partial charge in [0.15, 0.2) is 0 Å². The third kappa shape index (κ3) is 6.01. The molecule has 0 aliphatic heterocycles. The summed E-state index contributed by atoms with van der Waals surface area (Å²) in [6.45, 7) is 0. The van der Waals surface area contributed by atoms with E-state index in [1.165, 1.54) is 0 Å². The molecule has 0 fully saturated rings. The molecule has 3 rings (SSSR count). The summed E-state index contributed by atoms with van der Waals surface area (Å²) in [4.78, 5) is 1.92. The molecule has 0 heterocycles. The molecular weight excluding hydrogens is 497 g/mol. The molecular formula is C18H9NY3-6. The van der Waals surface area contributed by atoms with Crippen LogP contribution in [0.2, 0.25) is 0 Å². The third-order valence-electron chi connectivity index (χ3n) is 2.57. The minimum atomic E-state index is 0. The van der Waals surface area contributed by atoms with E-state index >= 15 is 0 Å². The second-order valence-electron chi connectivity index (χ2n) is 3.82. The van der Waals surface area contributed by atoms with Crippen molar-refractivity contribution in [3.05, 3.63) is 91.0 Å². The van der Waals surface area contributed by atoms with Crippen LogP contribution >= 0.6 is 0 Å². The van der Waals surface area contributed by atoms with Gasteiger partial charge in [0.2, 0.25) is 0 Å². The average molecular weight is 506 g/mol. The maximum Gasteiger partial charge on any atom is 0 e. The fraction of sp³-hybridized carbons (Fsp3) is 0. The molecule has 0 saturated heterocycles. The van der Waals surface area contributed by atoms with E-state index in [2.05, 4.69) is 36.4 Å². The number of anilines is 3. The van der Waals surface area contributed by atoms with Crippen molar-refractivity contribution in [3.63, 3.8) is 0 Å². The molecule has 4 heteroatoms. The Labute approximate surface area is 207 Å². The normalized spacial score (nSPS) is 8.73. The van der Waals surface area contributed by atoms with Crippen LogP contribution in [0.4, 0.5) is 17.1 Å². The molecule has 0 spiro atoms. The van der Waals surface area contributed by atoms with Crippen LogP contribution in [-0.2, 0) is 98.1 Å². The number of nitrogens with zero attached hydrogens (tertiary/aromatic N) is 1. The zero-order chi connectivity index (χ0) is 12.9. The van der Waals surface area contributed by atoms with Crippen LogP contribution in [0.3, 0.4) is 0 Å². The fourth-order valence-corrected chi connectivity index (χ4v) is 1.75. The van der Waals surface area contributed by atoms with Gasteiger partial charge in [-0.1, -0.05) is 0 Å². The van der Waals surface area contributed by atoms with Gasteiger partial charge in [-0.3, -0.25) is 54.6 Å². The van der Waals surface area contributed by atoms with E-state index in [0.717, 1.165) is 17.1 Å². The zero-order valence-corrected chi connectivity index (χ0v) is 20.4. The van der Waals surface area contributed by atoms with Crippen molar-refractivity contribution >= 4 is 17.1 Å². The molecule has 22 heavy (non-hydrogen) atoms. The third-order valence-corrected chi connectivity index (χ3v) is 2.57. The minimum Gasteiger partial charge on any atom is -0.452 e. The van der Waals surface area contributed by atoms with Crippen LogP contribution in [0.5, 0.6) is 0 Å². The van der Waals surface area contributed by atoms with Crippen molar-refractivity contribution in [3.8, 4) is 0 Å². The fourth-order valence-electron chi connectivity index (χ4n) is 1.75. The van der Waals surface area contributed by atoms with E-state index in [4.69, 9.17) is 0 Å². The maximum absolute atomic E-state index is 3.16. The van der Waals surface area contributed by atoms with Crippen molar-refractivity contribution in [1.82, 2.24) is 0 Å². The van der Waals surface area contributed by atoms with Gasteiger partial charge in [-0.05, 0) is 0 Å². The molecule has 0 N–H and O–H groups in total. The van der Waals surface area contributed by atoms with E-state index < -0.39 is 0 Å². The number of para-hydroxylation sites is 3. The largest absolute Gasteiger partial charge is 0.452 e. The Morgan fingerprint density at radius 3 is 0.909 bits per heavy atom. The smallest absolute Gasteiger partial charge is 0 e. The molecule has 0 atom stereocenters. The van der Waals surface area contributed by atoms with Crippen LogP contribution in [0.15, 0.2) is 54.6 Å². The topological polar surface area (TPSA) is 3.24 Å². The first-order valence-electron chi connectivity index (χ1n) is 5.90. The van der Waals surface area contributed by atoms with Crippen LogP contribution < -0.4 is 4.90 Å². The Morgan fingerprint density at radius 1 is 0.455 bits per heavy atom. The first-order chi connectivity index (χ1) is 9.45. The second-order valence-corrected chi connectivity index (χ2v) is 3.82. The van der Waals surface area contributed by atoms with Crippen molar-refractivity contribution in [2.24, 2.45) is 0 Å². The Hall–Kier alpha value is 0.772. The molecule has 0 saturated carbocycles. The van der Waals surface area contributed by atoms with Crippen LogP contribution in [0.1, 0.15) is 0 Å². The predicted octanol–water partition coefficient (Wildman–Crippen LogP) is 3.95. The van der Waals surface area contributed by atoms with Crippen molar-refractivity contribution in [2.75, 3.05) is 4.90 Å². The summed E-state index contributed by atoms with van der Waals surface area (Å²) >= 11 is 0. The van der Waals surface area contributed by atoms with Gasteiger partial charge in [0.05, 0.1) is 0 Å². The summed E-state index contributed by atoms with van der Waals surface area (Å²) in [5.41, 5.74) is 2.37. The molecule has 3 radical (unpaired) electrons. The summed E-state index contributed by atoms with van der Waals surface area (Å²) in [5, 5.41) is 0. The Morgan fingerprint density at radius 2 is 0.682 bits per heavy atom. The van der Waals surface area contributed by atoms with Gasteiger partial charge in [-0.25, -0.2) is 17.1 Å². The van der Waals surface area contributed by atoms with E-state index in [0.29, 0.717) is 0 Å². The Kier molecular flexibility index (Phi) is 12.6. The molecule has 3 aromatic carbocycles. The zero-order valence-electron chi connectivity index (χ0n) is 11.9. The van der Waals surface area contributed by atoms with E-state index in [-0.39, 0.29) is 98.1 Å². The van der Waals surface area contributed by atoms with Gasteiger partial charge >= 0.3 is 0 Å². The van der Waals surface area contributed by atoms with Gasteiger partial charge in [0, 0.05) is 98.1 Å². The van der Waals surface area contributed by atoms with E-state index in [1.54, 1.807) is 0 Å². The van der Waals surface area contributed by atoms with E-state index in [1.807, 2.05) is 59.5 Å². The molecule has 101 valence electrons. The van der Waals surface area contributed by atoms with Crippen LogP contribution in [0, 0.1) is 36.4 Å². The molecule has 3 aromatic rings. The maximum atomic E-state index is 3.16. The summed E-state index contributed by atoms with van der Waals surface area (Å²) in [6, 6.07) is 35.7. The minimum absolute atomic E-state index is 0. The van der Waals surface area contributed by atoms with Crippen LogP contribution in [0.25, 0.3) is 0 Å². The monoisotopic (exact) mass is 506 g/mol. The number of hydrogen-bond acceptors (Lipinski definition) is 1. The van der Waals surface area contributed by atoms with Gasteiger partial charge in [-0.2, -0.15) is 0 Å². The van der Waals surface area contributed by atoms with Crippen molar-refractivity contribution < 1.29 is 98.1 Å². The number of hydrogen-bond donors (Lipinski definition) is 0. The van der Waals surface area contributed by atoms with Crippen molar-refractivity contribution in [2.45, 2.75) is 0 Å². The summed E-state index contributed by atoms with van der Waals surface area (Å²) in [7, 11) is 0. The Balaban J connectivity index is 0.00000147. The standard InChI is InChI=1S/C18H9N.3Y/c1-4-10-16(11-5-1)19(17-12-6-2-7-13-17)18-14-8-3-9-15-18;;;/h1-9H;;;/q-6;;;. The molecule has 0 unspecified atom stereocenters. The molecule has 1 nitrogen and oxygen atoms in total. The quantitative estimate of drug-likeness (QED) is 0.487. The van der Waals surface area contributed by atoms with Crippen molar-refractivity contribution in [1.29, 1.82) is 0 Å². The van der Waals surface area contributed by atoms with Gasteiger partial charge < -0.3 is 41.3 Å². The average Bonchev–Trinajstić information content (AvgIpc) is 2.51. The molecule has 0 aromatic heterocycles. The summed E-state index contributed by atoms with van der Waals surface area (Å²) in [6.07, 6.45) is 0. The van der Waals surface area contributed by atoms with Crippen LogP contribution in [-0.4, -0.2) is 0 Å². The van der Waals surface area contributed by atoms with Gasteiger partial charge in [0.25, 0.3) is 0 Å². The SMILES string of the molecule is [Y].[Y].[Y].[c-]1ccc[c-]c1N(c1[c-]ccc[c-]1)c1[c-]ccc[c-]1. The predicted molar refractivity (Wildman–Crippen MR) is 74.1 cm³/mol. The summed E-state index contributed by atoms with van der Waals surface area (Å²) < 4.78 is 0. The molecule has 0 aliphatic carbocycles. The van der Waals surface area contributed by atoms with Gasteiger partial charge in [-0.15, -0.1) is 0 Å². The second kappa shape index (κ2) is 12.2. The summed E-state index contributed by atoms with van der Waals surface area (Å²) in [5.74, 6) is 0. The Bertz CT molecular complexity index is 536. The number of benzene rings is 3. The molecule has 0 aliphatic rings. The molecule has 0 amide bonds. The van der Waals surface area contributed by atoms with E-state index in [9.17, 15) is 0 Å². The molecule has 0 bridgehead atoms. The number of rotatable bonds is 3. The first-order valence-corrected chi connectivity index (χ1v) is 5.90.